The number of rotatable bonds is 4. The highest BCUT2D eigenvalue weighted by molar-refractivity contribution is 5.76. The molecule has 2 aliphatic rings. The van der Waals surface area contributed by atoms with Crippen molar-refractivity contribution in [2.24, 2.45) is 5.92 Å². The van der Waals surface area contributed by atoms with Gasteiger partial charge < -0.3 is 15.0 Å². The molecule has 0 unspecified atom stereocenters. The number of likely N-dealkylation sites (tertiary alicyclic amines) is 1. The largest absolute Gasteiger partial charge is 0.493 e. The van der Waals surface area contributed by atoms with E-state index in [1.54, 1.807) is 0 Å². The van der Waals surface area contributed by atoms with Gasteiger partial charge in [-0.15, -0.1) is 0 Å². The van der Waals surface area contributed by atoms with Crippen LogP contribution in [0.2, 0.25) is 0 Å². The minimum atomic E-state index is 0.220. The van der Waals surface area contributed by atoms with Crippen molar-refractivity contribution in [1.82, 2.24) is 10.2 Å². The Morgan fingerprint density at radius 3 is 2.95 bits per heavy atom. The van der Waals surface area contributed by atoms with Gasteiger partial charge in [0.15, 0.2) is 0 Å². The molecule has 3 rings (SSSR count). The lowest BCUT2D eigenvalue weighted by atomic mass is 9.94. The molecule has 0 aliphatic carbocycles. The fourth-order valence-corrected chi connectivity index (χ4v) is 3.18. The van der Waals surface area contributed by atoms with Gasteiger partial charge in [-0.3, -0.25) is 4.79 Å². The highest BCUT2D eigenvalue weighted by Crippen LogP contribution is 2.25. The molecule has 108 valence electrons. The molecule has 1 amide bonds. The topological polar surface area (TPSA) is 41.6 Å². The van der Waals surface area contributed by atoms with Crippen molar-refractivity contribution in [1.29, 1.82) is 0 Å². The van der Waals surface area contributed by atoms with Crippen molar-refractivity contribution >= 4 is 5.91 Å². The van der Waals surface area contributed by atoms with Crippen LogP contribution in [-0.4, -0.2) is 43.1 Å². The fraction of sp³-hybridized carbons (Fsp3) is 0.562. The van der Waals surface area contributed by atoms with E-state index in [-0.39, 0.29) is 5.91 Å². The van der Waals surface area contributed by atoms with Gasteiger partial charge in [0.05, 0.1) is 13.0 Å². The summed E-state index contributed by atoms with van der Waals surface area (Å²) in [6.45, 7) is 3.35. The normalized spacial score (nSPS) is 25.3. The fourth-order valence-electron chi connectivity index (χ4n) is 3.18. The van der Waals surface area contributed by atoms with Crippen LogP contribution in [0.1, 0.15) is 19.3 Å². The van der Waals surface area contributed by atoms with E-state index in [4.69, 9.17) is 4.74 Å². The summed E-state index contributed by atoms with van der Waals surface area (Å²) in [4.78, 5) is 14.2. The molecule has 4 heteroatoms. The van der Waals surface area contributed by atoms with Crippen LogP contribution in [0.15, 0.2) is 30.3 Å². The first kappa shape index (κ1) is 13.4. The molecule has 0 spiro atoms. The number of hydrogen-bond acceptors (Lipinski definition) is 3. The van der Waals surface area contributed by atoms with Crippen LogP contribution in [0.25, 0.3) is 0 Å². The molecule has 0 bridgehead atoms. The first-order valence-electron chi connectivity index (χ1n) is 7.52. The number of nitrogens with one attached hydrogen (secondary N) is 1. The molecule has 4 nitrogen and oxygen atoms in total. The maximum atomic E-state index is 12.2. The molecule has 1 aromatic carbocycles. The predicted molar refractivity (Wildman–Crippen MR) is 77.6 cm³/mol. The Hall–Kier alpha value is -1.55. The van der Waals surface area contributed by atoms with Crippen molar-refractivity contribution in [2.45, 2.75) is 25.3 Å². The third kappa shape index (κ3) is 3.12. The van der Waals surface area contributed by atoms with Gasteiger partial charge in [0.25, 0.3) is 0 Å². The van der Waals surface area contributed by atoms with Gasteiger partial charge in [0, 0.05) is 19.1 Å². The zero-order valence-electron chi connectivity index (χ0n) is 11.8. The zero-order valence-corrected chi connectivity index (χ0v) is 11.8. The van der Waals surface area contributed by atoms with Crippen LogP contribution < -0.4 is 10.1 Å². The second-order valence-electron chi connectivity index (χ2n) is 5.67. The van der Waals surface area contributed by atoms with Gasteiger partial charge >= 0.3 is 0 Å². The molecule has 1 aromatic rings. The average molecular weight is 274 g/mol. The molecule has 0 aromatic heterocycles. The summed E-state index contributed by atoms with van der Waals surface area (Å²) in [6.07, 6.45) is 2.95. The Labute approximate surface area is 120 Å². The molecule has 2 aliphatic heterocycles. The van der Waals surface area contributed by atoms with Crippen molar-refractivity contribution < 1.29 is 9.53 Å². The number of carbonyl (C=O) groups is 1. The monoisotopic (exact) mass is 274 g/mol. The molecule has 0 radical (unpaired) electrons. The zero-order chi connectivity index (χ0) is 13.8. The van der Waals surface area contributed by atoms with E-state index in [0.717, 1.165) is 25.4 Å². The van der Waals surface area contributed by atoms with Crippen LogP contribution in [-0.2, 0) is 4.79 Å². The minimum absolute atomic E-state index is 0.220. The van der Waals surface area contributed by atoms with E-state index in [2.05, 4.69) is 5.32 Å². The first-order chi connectivity index (χ1) is 9.83. The summed E-state index contributed by atoms with van der Waals surface area (Å²) in [5.41, 5.74) is 0. The second kappa shape index (κ2) is 6.27. The minimum Gasteiger partial charge on any atom is -0.493 e. The number of benzene rings is 1. The van der Waals surface area contributed by atoms with Crippen LogP contribution in [0.3, 0.4) is 0 Å². The molecule has 2 atom stereocenters. The SMILES string of the molecule is O=C(CCOc1ccccc1)N1C[C@@H]2CCCN[C@@H]2C1. The smallest absolute Gasteiger partial charge is 0.226 e. The number of ether oxygens (including phenoxy) is 1. The maximum absolute atomic E-state index is 12.2. The summed E-state index contributed by atoms with van der Waals surface area (Å²) >= 11 is 0. The Morgan fingerprint density at radius 1 is 1.30 bits per heavy atom. The summed E-state index contributed by atoms with van der Waals surface area (Å²) in [5.74, 6) is 1.71. The van der Waals surface area contributed by atoms with E-state index in [1.165, 1.54) is 12.8 Å². The van der Waals surface area contributed by atoms with Gasteiger partial charge in [0.2, 0.25) is 5.91 Å². The average Bonchev–Trinajstić information content (AvgIpc) is 2.92. The number of nitrogens with zero attached hydrogens (tertiary/aromatic N) is 1. The van der Waals surface area contributed by atoms with Gasteiger partial charge in [-0.25, -0.2) is 0 Å². The van der Waals surface area contributed by atoms with E-state index >= 15 is 0 Å². The van der Waals surface area contributed by atoms with Gasteiger partial charge in [0.1, 0.15) is 5.75 Å². The third-order valence-electron chi connectivity index (χ3n) is 4.28. The summed E-state index contributed by atoms with van der Waals surface area (Å²) in [6, 6.07) is 10.2. The first-order valence-corrected chi connectivity index (χ1v) is 7.52. The highest BCUT2D eigenvalue weighted by Gasteiger charge is 2.35. The lowest BCUT2D eigenvalue weighted by Crippen LogP contribution is -2.41. The van der Waals surface area contributed by atoms with Crippen LogP contribution in [0.5, 0.6) is 5.75 Å². The lowest BCUT2D eigenvalue weighted by molar-refractivity contribution is -0.130. The van der Waals surface area contributed by atoms with Crippen molar-refractivity contribution in [3.05, 3.63) is 30.3 Å². The van der Waals surface area contributed by atoms with Gasteiger partial charge in [-0.05, 0) is 37.4 Å². The molecular weight excluding hydrogens is 252 g/mol. The molecule has 1 N–H and O–H groups in total. The molecular formula is C16H22N2O2. The Bertz CT molecular complexity index is 435. The van der Waals surface area contributed by atoms with E-state index in [9.17, 15) is 4.79 Å². The lowest BCUT2D eigenvalue weighted by Gasteiger charge is -2.24. The summed E-state index contributed by atoms with van der Waals surface area (Å²) < 4.78 is 5.59. The van der Waals surface area contributed by atoms with Crippen molar-refractivity contribution in [3.8, 4) is 5.75 Å². The molecule has 20 heavy (non-hydrogen) atoms. The summed E-state index contributed by atoms with van der Waals surface area (Å²) in [7, 11) is 0. The van der Waals surface area contributed by atoms with Gasteiger partial charge in [-0.2, -0.15) is 0 Å². The maximum Gasteiger partial charge on any atom is 0.226 e. The van der Waals surface area contributed by atoms with E-state index in [0.29, 0.717) is 25.0 Å². The third-order valence-corrected chi connectivity index (χ3v) is 4.28. The number of amides is 1. The van der Waals surface area contributed by atoms with E-state index in [1.807, 2.05) is 35.2 Å². The standard InChI is InChI=1S/C16H22N2O2/c19-16(8-10-20-14-6-2-1-3-7-14)18-11-13-5-4-9-17-15(13)12-18/h1-3,6-7,13,15,17H,4-5,8-12H2/t13-,15+/m0/s1. The Balaban J connectivity index is 1.43. The summed E-state index contributed by atoms with van der Waals surface area (Å²) in [5, 5.41) is 3.52. The number of fused-ring (bicyclic) bond motifs is 1. The Morgan fingerprint density at radius 2 is 2.15 bits per heavy atom. The number of carbonyl (C=O) groups excluding carboxylic acids is 1. The molecule has 0 saturated carbocycles. The van der Waals surface area contributed by atoms with Crippen LogP contribution in [0.4, 0.5) is 0 Å². The van der Waals surface area contributed by atoms with E-state index < -0.39 is 0 Å². The quantitative estimate of drug-likeness (QED) is 0.908. The highest BCUT2D eigenvalue weighted by atomic mass is 16.5. The Kier molecular flexibility index (Phi) is 4.21. The number of para-hydroxylation sites is 1. The van der Waals surface area contributed by atoms with Gasteiger partial charge in [-0.1, -0.05) is 18.2 Å². The molecule has 2 fully saturated rings. The van der Waals surface area contributed by atoms with Crippen molar-refractivity contribution in [2.75, 3.05) is 26.2 Å². The molecule has 2 heterocycles. The second-order valence-corrected chi connectivity index (χ2v) is 5.67. The predicted octanol–water partition coefficient (Wildman–Crippen LogP) is 1.67. The molecule has 2 saturated heterocycles. The van der Waals surface area contributed by atoms with Crippen molar-refractivity contribution in [3.63, 3.8) is 0 Å². The number of hydrogen-bond donors (Lipinski definition) is 1. The van der Waals surface area contributed by atoms with Crippen LogP contribution >= 0.6 is 0 Å². The number of piperidine rings is 1. The van der Waals surface area contributed by atoms with Crippen LogP contribution in [0, 0.1) is 5.92 Å².